The second-order valence-electron chi connectivity index (χ2n) is 7.32. The number of allylic oxidation sites excluding steroid dienone is 2. The molecule has 2 aromatic rings. The fourth-order valence-corrected chi connectivity index (χ4v) is 4.48. The van der Waals surface area contributed by atoms with E-state index in [9.17, 15) is 18.0 Å². The van der Waals surface area contributed by atoms with E-state index in [-0.39, 0.29) is 17.2 Å². The number of alkyl halides is 3. The van der Waals surface area contributed by atoms with E-state index < -0.39 is 29.1 Å². The zero-order valence-corrected chi connectivity index (χ0v) is 19.8. The highest BCUT2D eigenvalue weighted by atomic mass is 31.1. The number of hydrogen-bond donors (Lipinski definition) is 1. The van der Waals surface area contributed by atoms with Gasteiger partial charge >= 0.3 is 6.18 Å². The van der Waals surface area contributed by atoms with Crippen LogP contribution in [0.1, 0.15) is 41.9 Å². The fraction of sp³-hybridized carbons (Fsp3) is 0.409. The highest BCUT2D eigenvalue weighted by Crippen LogP contribution is 2.43. The number of methoxy groups -OCH3 is 1. The maximum Gasteiger partial charge on any atom is 0.423 e. The predicted octanol–water partition coefficient (Wildman–Crippen LogP) is 5.07. The molecular weight excluding hydrogens is 456 g/mol. The number of ether oxygens (including phenoxy) is 2. The molecule has 0 saturated heterocycles. The number of pyridine rings is 1. The van der Waals surface area contributed by atoms with Crippen molar-refractivity contribution in [1.29, 1.82) is 0 Å². The number of rotatable bonds is 8. The number of nitrogens with one attached hydrogen (secondary N) is 1. The average molecular weight is 482 g/mol. The topological polar surface area (TPSA) is 78.3 Å². The lowest BCUT2D eigenvalue weighted by atomic mass is 10.2. The van der Waals surface area contributed by atoms with E-state index in [0.29, 0.717) is 27.2 Å². The van der Waals surface area contributed by atoms with Crippen LogP contribution in [0.15, 0.2) is 35.9 Å². The minimum Gasteiger partial charge on any atom is -0.494 e. The number of nitrogens with zero attached hydrogens (tertiary/aromatic N) is 3. The number of carbonyl (C=O) groups is 1. The summed E-state index contributed by atoms with van der Waals surface area (Å²) in [5.41, 5.74) is 0.828. The van der Waals surface area contributed by atoms with Gasteiger partial charge < -0.3 is 14.8 Å². The molecule has 1 amide bonds. The van der Waals surface area contributed by atoms with Crippen LogP contribution in [-0.4, -0.2) is 40.0 Å². The molecule has 0 saturated carbocycles. The van der Waals surface area contributed by atoms with Crippen LogP contribution in [-0.2, 0) is 12.7 Å². The normalized spacial score (nSPS) is 16.6. The number of hydrogen-bond acceptors (Lipinski definition) is 5. The third kappa shape index (κ3) is 5.55. The van der Waals surface area contributed by atoms with Crippen molar-refractivity contribution in [2.24, 2.45) is 0 Å². The quantitative estimate of drug-likeness (QED) is 0.532. The van der Waals surface area contributed by atoms with E-state index >= 15 is 0 Å². The zero-order chi connectivity index (χ0) is 24.2. The maximum atomic E-state index is 13.7. The Hall–Kier alpha value is -2.87. The van der Waals surface area contributed by atoms with Gasteiger partial charge in [-0.15, -0.1) is 0 Å². The van der Waals surface area contributed by atoms with Crippen LogP contribution < -0.4 is 14.8 Å². The van der Waals surface area contributed by atoms with Crippen molar-refractivity contribution in [2.75, 3.05) is 13.7 Å². The molecular formula is C22H26F3N4O3P. The smallest absolute Gasteiger partial charge is 0.423 e. The van der Waals surface area contributed by atoms with Crippen molar-refractivity contribution in [3.8, 4) is 17.4 Å². The van der Waals surface area contributed by atoms with Gasteiger partial charge in [-0.3, -0.25) is 9.78 Å². The number of halogens is 3. The lowest BCUT2D eigenvalue weighted by Gasteiger charge is -2.17. The lowest BCUT2D eigenvalue weighted by Crippen LogP contribution is -2.30. The Kier molecular flexibility index (Phi) is 7.79. The summed E-state index contributed by atoms with van der Waals surface area (Å²) in [5.74, 6) is 0.824. The van der Waals surface area contributed by atoms with Gasteiger partial charge in [0, 0.05) is 24.3 Å². The molecule has 11 heteroatoms. The summed E-state index contributed by atoms with van der Waals surface area (Å²) < 4.78 is 52.8. The number of aryl methyl sites for hydroxylation is 1. The first-order chi connectivity index (χ1) is 15.7. The Morgan fingerprint density at radius 3 is 2.58 bits per heavy atom. The van der Waals surface area contributed by atoms with Crippen molar-refractivity contribution in [3.63, 3.8) is 0 Å². The summed E-state index contributed by atoms with van der Waals surface area (Å²) in [7, 11) is 1.70. The minimum absolute atomic E-state index is 0.0400. The largest absolute Gasteiger partial charge is 0.494 e. The Morgan fingerprint density at radius 2 is 2.00 bits per heavy atom. The van der Waals surface area contributed by atoms with Crippen LogP contribution in [0.25, 0.3) is 0 Å². The summed E-state index contributed by atoms with van der Waals surface area (Å²) >= 11 is 0. The highest BCUT2D eigenvalue weighted by molar-refractivity contribution is 7.43. The summed E-state index contributed by atoms with van der Waals surface area (Å²) in [5, 5.41) is 7.14. The molecule has 0 radical (unpaired) electrons. The van der Waals surface area contributed by atoms with Gasteiger partial charge in [0.1, 0.15) is 5.56 Å². The monoisotopic (exact) mass is 482 g/mol. The first kappa shape index (κ1) is 24.8. The first-order valence-corrected chi connectivity index (χ1v) is 11.6. The van der Waals surface area contributed by atoms with E-state index in [0.717, 1.165) is 25.9 Å². The van der Waals surface area contributed by atoms with Crippen molar-refractivity contribution in [3.05, 3.63) is 52.8 Å². The molecule has 0 aliphatic carbocycles. The predicted molar refractivity (Wildman–Crippen MR) is 120 cm³/mol. The van der Waals surface area contributed by atoms with Crippen LogP contribution >= 0.6 is 8.58 Å². The molecule has 1 aliphatic rings. The molecule has 2 atom stereocenters. The van der Waals surface area contributed by atoms with Gasteiger partial charge in [0.25, 0.3) is 5.91 Å². The van der Waals surface area contributed by atoms with Crippen LogP contribution in [0.2, 0.25) is 0 Å². The average Bonchev–Trinajstić information content (AvgIpc) is 3.12. The Morgan fingerprint density at radius 1 is 1.27 bits per heavy atom. The first-order valence-electron chi connectivity index (χ1n) is 10.4. The summed E-state index contributed by atoms with van der Waals surface area (Å²) in [4.78, 5) is 16.6. The zero-order valence-electron chi connectivity index (χ0n) is 18.8. The summed E-state index contributed by atoms with van der Waals surface area (Å²) in [6.45, 7) is 6.16. The molecule has 0 fully saturated rings. The molecule has 1 N–H and O–H groups in total. The lowest BCUT2D eigenvalue weighted by molar-refractivity contribution is -0.139. The van der Waals surface area contributed by atoms with Gasteiger partial charge in [0.15, 0.2) is 17.2 Å². The number of carbonyl (C=O) groups excluding carboxylic acids is 1. The molecule has 2 unspecified atom stereocenters. The molecule has 3 rings (SSSR count). The van der Waals surface area contributed by atoms with Crippen LogP contribution in [0.3, 0.4) is 0 Å². The molecule has 1 aliphatic heterocycles. The van der Waals surface area contributed by atoms with Crippen LogP contribution in [0, 0.1) is 6.92 Å². The van der Waals surface area contributed by atoms with E-state index in [2.05, 4.69) is 40.3 Å². The van der Waals surface area contributed by atoms with Gasteiger partial charge in [0.05, 0.1) is 19.5 Å². The second kappa shape index (κ2) is 10.4. The number of aromatic nitrogens is 3. The third-order valence-corrected chi connectivity index (χ3v) is 6.51. The molecule has 7 nitrogen and oxygen atoms in total. The van der Waals surface area contributed by atoms with Gasteiger partial charge in [-0.25, -0.2) is 4.68 Å². The van der Waals surface area contributed by atoms with Gasteiger partial charge in [-0.05, 0) is 25.8 Å². The summed E-state index contributed by atoms with van der Waals surface area (Å²) in [6, 6.07) is 0. The molecule has 2 aromatic heterocycles. The third-order valence-electron chi connectivity index (χ3n) is 5.15. The minimum atomic E-state index is -4.73. The van der Waals surface area contributed by atoms with Gasteiger partial charge in [-0.1, -0.05) is 33.5 Å². The van der Waals surface area contributed by atoms with E-state index in [1.807, 2.05) is 0 Å². The van der Waals surface area contributed by atoms with E-state index in [1.54, 1.807) is 13.8 Å². The maximum absolute atomic E-state index is 13.7. The molecule has 178 valence electrons. The standard InChI is InChI=1S/C22H26F3N4O3P/c1-5-14-7-8-15(33-12-14)9-27-20(30)19-13(3)21(29(6-2)28-19)32-17-11-26-10-16(31-4)18(17)22(23,24)25/h7-8,10-12,15,33H,5-6,9H2,1-4H3,(H,27,30). The Balaban J connectivity index is 1.83. The van der Waals surface area contributed by atoms with Crippen LogP contribution in [0.4, 0.5) is 13.2 Å². The van der Waals surface area contributed by atoms with Crippen molar-refractivity contribution < 1.29 is 27.4 Å². The molecule has 0 aromatic carbocycles. The highest BCUT2D eigenvalue weighted by Gasteiger charge is 2.39. The second-order valence-corrected chi connectivity index (χ2v) is 8.69. The fourth-order valence-electron chi connectivity index (χ4n) is 3.32. The van der Waals surface area contributed by atoms with Gasteiger partial charge in [-0.2, -0.15) is 18.3 Å². The van der Waals surface area contributed by atoms with Crippen molar-refractivity contribution in [2.45, 2.75) is 45.6 Å². The Bertz CT molecular complexity index is 1080. The van der Waals surface area contributed by atoms with E-state index in [1.165, 1.54) is 10.3 Å². The number of amides is 1. The van der Waals surface area contributed by atoms with Crippen LogP contribution in [0.5, 0.6) is 17.4 Å². The van der Waals surface area contributed by atoms with E-state index in [4.69, 9.17) is 9.47 Å². The van der Waals surface area contributed by atoms with Gasteiger partial charge in [0.2, 0.25) is 5.88 Å². The SMILES string of the molecule is CCC1=CPC(CNC(=O)c2nn(CC)c(Oc3cncc(OC)c3C(F)(F)F)c2C)C=C1. The molecule has 3 heterocycles. The van der Waals surface area contributed by atoms with Crippen molar-refractivity contribution in [1.82, 2.24) is 20.1 Å². The van der Waals surface area contributed by atoms with Crippen molar-refractivity contribution >= 4 is 14.5 Å². The summed E-state index contributed by atoms with van der Waals surface area (Å²) in [6.07, 6.45) is 2.32. The molecule has 0 spiro atoms. The molecule has 0 bridgehead atoms. The molecule has 33 heavy (non-hydrogen) atoms. The Labute approximate surface area is 191 Å².